The molecule has 0 radical (unpaired) electrons. The predicted molar refractivity (Wildman–Crippen MR) is 109 cm³/mol. The van der Waals surface area contributed by atoms with E-state index in [2.05, 4.69) is 27.6 Å². The number of halogens is 1. The Kier molecular flexibility index (Phi) is 9.65. The smallest absolute Gasteiger partial charge is 0.191 e. The molecule has 0 unspecified atom stereocenters. The summed E-state index contributed by atoms with van der Waals surface area (Å²) >= 11 is 0. The fourth-order valence-corrected chi connectivity index (χ4v) is 3.31. The molecule has 2 rings (SSSR count). The number of nitrogens with one attached hydrogen (secondary N) is 2. The highest BCUT2D eigenvalue weighted by Gasteiger charge is 2.33. The lowest BCUT2D eigenvalue weighted by molar-refractivity contribution is 0.105. The molecule has 1 aliphatic rings. The predicted octanol–water partition coefficient (Wildman–Crippen LogP) is 2.69. The molecule has 6 nitrogen and oxygen atoms in total. The topological polar surface area (TPSA) is 63.5 Å². The maximum atomic E-state index is 5.58. The van der Waals surface area contributed by atoms with Crippen molar-refractivity contribution in [2.45, 2.75) is 45.6 Å². The molecule has 138 valence electrons. The van der Waals surface area contributed by atoms with Gasteiger partial charge in [0.15, 0.2) is 5.96 Å². The van der Waals surface area contributed by atoms with Crippen molar-refractivity contribution in [3.8, 4) is 0 Å². The zero-order valence-electron chi connectivity index (χ0n) is 15.2. The van der Waals surface area contributed by atoms with Gasteiger partial charge in [0.2, 0.25) is 0 Å². The number of ether oxygens (including phenoxy) is 1. The Morgan fingerprint density at radius 2 is 2.12 bits per heavy atom. The lowest BCUT2D eigenvalue weighted by Gasteiger charge is -2.30. The molecule has 1 aromatic rings. The molecule has 0 saturated heterocycles. The van der Waals surface area contributed by atoms with Crippen LogP contribution in [0.5, 0.6) is 0 Å². The molecule has 1 saturated carbocycles. The zero-order chi connectivity index (χ0) is 16.5. The van der Waals surface area contributed by atoms with Gasteiger partial charge in [0.1, 0.15) is 0 Å². The van der Waals surface area contributed by atoms with Crippen LogP contribution in [0.1, 0.15) is 44.7 Å². The number of aryl methyl sites for hydroxylation is 1. The van der Waals surface area contributed by atoms with Crippen molar-refractivity contribution in [1.29, 1.82) is 0 Å². The van der Waals surface area contributed by atoms with Crippen LogP contribution in [-0.4, -0.2) is 42.5 Å². The number of hydrogen-bond acceptors (Lipinski definition) is 3. The second-order valence-corrected chi connectivity index (χ2v) is 6.38. The van der Waals surface area contributed by atoms with Gasteiger partial charge in [0.25, 0.3) is 0 Å². The fourth-order valence-electron chi connectivity index (χ4n) is 3.31. The van der Waals surface area contributed by atoms with E-state index in [0.717, 1.165) is 44.4 Å². The summed E-state index contributed by atoms with van der Waals surface area (Å²) in [5.41, 5.74) is 1.50. The Bertz CT molecular complexity index is 497. The van der Waals surface area contributed by atoms with Gasteiger partial charge >= 0.3 is 0 Å². The minimum atomic E-state index is 0. The Labute approximate surface area is 162 Å². The van der Waals surface area contributed by atoms with Crippen LogP contribution in [0.25, 0.3) is 0 Å². The third kappa shape index (κ3) is 6.23. The van der Waals surface area contributed by atoms with Gasteiger partial charge in [-0.2, -0.15) is 5.10 Å². The summed E-state index contributed by atoms with van der Waals surface area (Å²) in [6.45, 7) is 5.41. The van der Waals surface area contributed by atoms with Crippen LogP contribution >= 0.6 is 24.0 Å². The molecular weight excluding hydrogens is 417 g/mol. The highest BCUT2D eigenvalue weighted by atomic mass is 127. The second kappa shape index (κ2) is 10.9. The first-order valence-electron chi connectivity index (χ1n) is 8.68. The average molecular weight is 449 g/mol. The lowest BCUT2D eigenvalue weighted by Crippen LogP contribution is -2.43. The summed E-state index contributed by atoms with van der Waals surface area (Å²) in [5, 5.41) is 11.1. The molecule has 0 spiro atoms. The molecule has 0 bridgehead atoms. The van der Waals surface area contributed by atoms with E-state index >= 15 is 0 Å². The van der Waals surface area contributed by atoms with E-state index < -0.39 is 0 Å². The van der Waals surface area contributed by atoms with E-state index in [1.807, 2.05) is 31.0 Å². The van der Waals surface area contributed by atoms with Crippen molar-refractivity contribution in [2.75, 3.05) is 26.8 Å². The molecule has 0 atom stereocenters. The van der Waals surface area contributed by atoms with Crippen molar-refractivity contribution in [2.24, 2.45) is 17.5 Å². The van der Waals surface area contributed by atoms with Gasteiger partial charge in [0.05, 0.1) is 12.2 Å². The molecule has 0 aliphatic heterocycles. The maximum absolute atomic E-state index is 5.58. The van der Waals surface area contributed by atoms with Crippen LogP contribution in [0.3, 0.4) is 0 Å². The SMILES string of the molecule is CCOCCC1(CNC(=NC)NCc2ccnn2C)CCCC1.I. The molecule has 0 aromatic carbocycles. The summed E-state index contributed by atoms with van der Waals surface area (Å²) in [6, 6.07) is 2.01. The van der Waals surface area contributed by atoms with Gasteiger partial charge in [-0.15, -0.1) is 24.0 Å². The van der Waals surface area contributed by atoms with Crippen LogP contribution in [0.2, 0.25) is 0 Å². The summed E-state index contributed by atoms with van der Waals surface area (Å²) in [6.07, 6.45) is 8.17. The van der Waals surface area contributed by atoms with Gasteiger partial charge in [-0.25, -0.2) is 0 Å². The van der Waals surface area contributed by atoms with Gasteiger partial charge in [0, 0.05) is 40.1 Å². The molecule has 1 fully saturated rings. The van der Waals surface area contributed by atoms with Crippen molar-refractivity contribution in [3.05, 3.63) is 18.0 Å². The molecule has 0 amide bonds. The lowest BCUT2D eigenvalue weighted by atomic mass is 9.83. The van der Waals surface area contributed by atoms with E-state index in [4.69, 9.17) is 4.74 Å². The van der Waals surface area contributed by atoms with Crippen molar-refractivity contribution >= 4 is 29.9 Å². The maximum Gasteiger partial charge on any atom is 0.191 e. The van der Waals surface area contributed by atoms with Crippen molar-refractivity contribution in [3.63, 3.8) is 0 Å². The standard InChI is InChI=1S/C17H31N5O.HI/c1-4-23-12-10-17(8-5-6-9-17)14-20-16(18-2)19-13-15-7-11-21-22(15)3;/h7,11H,4-6,8-10,12-14H2,1-3H3,(H2,18,19,20);1H. The molecule has 2 N–H and O–H groups in total. The van der Waals surface area contributed by atoms with Crippen molar-refractivity contribution in [1.82, 2.24) is 20.4 Å². The molecular formula is C17H32IN5O. The number of aliphatic imine (C=N–C) groups is 1. The zero-order valence-corrected chi connectivity index (χ0v) is 17.5. The highest BCUT2D eigenvalue weighted by molar-refractivity contribution is 14.0. The number of nitrogens with zero attached hydrogens (tertiary/aromatic N) is 3. The second-order valence-electron chi connectivity index (χ2n) is 6.38. The van der Waals surface area contributed by atoms with Gasteiger partial charge < -0.3 is 15.4 Å². The van der Waals surface area contributed by atoms with E-state index in [0.29, 0.717) is 5.41 Å². The third-order valence-electron chi connectivity index (χ3n) is 4.86. The molecule has 1 aromatic heterocycles. The van der Waals surface area contributed by atoms with Crippen LogP contribution in [-0.2, 0) is 18.3 Å². The minimum absolute atomic E-state index is 0. The van der Waals surface area contributed by atoms with Gasteiger partial charge in [-0.3, -0.25) is 9.67 Å². The van der Waals surface area contributed by atoms with E-state index in [1.165, 1.54) is 25.7 Å². The van der Waals surface area contributed by atoms with Crippen LogP contribution < -0.4 is 10.6 Å². The van der Waals surface area contributed by atoms with Gasteiger partial charge in [-0.1, -0.05) is 12.8 Å². The third-order valence-corrected chi connectivity index (χ3v) is 4.86. The van der Waals surface area contributed by atoms with Gasteiger partial charge in [-0.05, 0) is 37.7 Å². The van der Waals surface area contributed by atoms with Crippen molar-refractivity contribution < 1.29 is 4.74 Å². The largest absolute Gasteiger partial charge is 0.382 e. The Balaban J connectivity index is 0.00000288. The highest BCUT2D eigenvalue weighted by Crippen LogP contribution is 2.40. The molecule has 1 aliphatic carbocycles. The molecule has 24 heavy (non-hydrogen) atoms. The minimum Gasteiger partial charge on any atom is -0.382 e. The summed E-state index contributed by atoms with van der Waals surface area (Å²) in [4.78, 5) is 4.34. The summed E-state index contributed by atoms with van der Waals surface area (Å²) in [5.74, 6) is 0.855. The van der Waals surface area contributed by atoms with E-state index in [-0.39, 0.29) is 24.0 Å². The number of rotatable bonds is 8. The summed E-state index contributed by atoms with van der Waals surface area (Å²) < 4.78 is 7.46. The van der Waals surface area contributed by atoms with Crippen LogP contribution in [0, 0.1) is 5.41 Å². The first kappa shape index (κ1) is 21.2. The van der Waals surface area contributed by atoms with E-state index in [1.54, 1.807) is 0 Å². The van der Waals surface area contributed by atoms with Crippen LogP contribution in [0.4, 0.5) is 0 Å². The number of aromatic nitrogens is 2. The fraction of sp³-hybridized carbons (Fsp3) is 0.765. The van der Waals surface area contributed by atoms with Crippen LogP contribution in [0.15, 0.2) is 17.3 Å². The molecule has 7 heteroatoms. The average Bonchev–Trinajstić information content (AvgIpc) is 3.18. The summed E-state index contributed by atoms with van der Waals surface area (Å²) in [7, 11) is 3.77. The Hall–Kier alpha value is -0.830. The van der Waals surface area contributed by atoms with E-state index in [9.17, 15) is 0 Å². The first-order chi connectivity index (χ1) is 11.2. The quantitative estimate of drug-likeness (QED) is 0.277. The number of guanidine groups is 1. The Morgan fingerprint density at radius 1 is 1.38 bits per heavy atom. The monoisotopic (exact) mass is 449 g/mol. The first-order valence-corrected chi connectivity index (χ1v) is 8.68. The number of hydrogen-bond donors (Lipinski definition) is 2. The Morgan fingerprint density at radius 3 is 2.71 bits per heavy atom. The molecule has 1 heterocycles. The normalized spacial score (nSPS) is 16.7.